The van der Waals surface area contributed by atoms with Gasteiger partial charge in [-0.25, -0.2) is 8.78 Å². The summed E-state index contributed by atoms with van der Waals surface area (Å²) in [6.45, 7) is 5.47. The first-order valence-corrected chi connectivity index (χ1v) is 17.7. The molecule has 1 aliphatic rings. The number of likely N-dealkylation sites (N-methyl/N-ethyl adjacent to an activating group) is 2. The molecule has 1 unspecified atom stereocenters. The molecule has 4 rings (SSSR count). The third-order valence-corrected chi connectivity index (χ3v) is 10.1. The van der Waals surface area contributed by atoms with Gasteiger partial charge in [0.25, 0.3) is 0 Å². The Labute approximate surface area is 301 Å². The van der Waals surface area contributed by atoms with Gasteiger partial charge in [-0.3, -0.25) is 14.4 Å². The Morgan fingerprint density at radius 3 is 2.18 bits per heavy atom. The summed E-state index contributed by atoms with van der Waals surface area (Å²) in [5.74, 6) is -3.21. The Balaban J connectivity index is 1.61. The van der Waals surface area contributed by atoms with Gasteiger partial charge in [0, 0.05) is 45.1 Å². The lowest BCUT2D eigenvalue weighted by Crippen LogP contribution is -2.56. The van der Waals surface area contributed by atoms with E-state index in [9.17, 15) is 23.2 Å². The summed E-state index contributed by atoms with van der Waals surface area (Å²) in [7, 11) is 7.05. The molecule has 1 aliphatic heterocycles. The predicted molar refractivity (Wildman–Crippen MR) is 199 cm³/mol. The number of carbonyl (C=O) groups is 3. The van der Waals surface area contributed by atoms with Crippen LogP contribution in [0.15, 0.2) is 84.9 Å². The van der Waals surface area contributed by atoms with Crippen molar-refractivity contribution in [3.63, 3.8) is 0 Å². The molecule has 3 atom stereocenters. The van der Waals surface area contributed by atoms with Crippen molar-refractivity contribution in [2.45, 2.75) is 76.0 Å². The quantitative estimate of drug-likeness (QED) is 0.190. The Kier molecular flexibility index (Phi) is 14.0. The van der Waals surface area contributed by atoms with Gasteiger partial charge in [0.05, 0.1) is 0 Å². The molecule has 0 radical (unpaired) electrons. The van der Waals surface area contributed by atoms with E-state index in [1.54, 1.807) is 13.1 Å². The zero-order valence-corrected chi connectivity index (χ0v) is 30.8. The van der Waals surface area contributed by atoms with E-state index in [1.165, 1.54) is 29.0 Å². The van der Waals surface area contributed by atoms with E-state index in [0.717, 1.165) is 54.6 Å². The van der Waals surface area contributed by atoms with Crippen LogP contribution in [-0.4, -0.2) is 97.4 Å². The fourth-order valence-electron chi connectivity index (χ4n) is 6.41. The lowest BCUT2D eigenvalue weighted by Gasteiger charge is -2.34. The molecule has 0 bridgehead atoms. The maximum atomic E-state index is 14.5. The summed E-state index contributed by atoms with van der Waals surface area (Å²) in [6.07, 6.45) is 6.94. The van der Waals surface area contributed by atoms with Crippen molar-refractivity contribution in [1.29, 1.82) is 0 Å². The second-order valence-corrected chi connectivity index (χ2v) is 14.2. The Morgan fingerprint density at radius 2 is 1.55 bits per heavy atom. The summed E-state index contributed by atoms with van der Waals surface area (Å²) in [4.78, 5) is 47.0. The highest BCUT2D eigenvalue weighted by molar-refractivity contribution is 5.95. The minimum Gasteiger partial charge on any atom is -0.354 e. The number of hydrogen-bond acceptors (Lipinski definition) is 5. The molecule has 1 saturated heterocycles. The molecular weight excluding hydrogens is 648 g/mol. The molecular formula is C41H53F2N5O3. The van der Waals surface area contributed by atoms with Gasteiger partial charge in [-0.2, -0.15) is 0 Å². The largest absolute Gasteiger partial charge is 0.354 e. The first-order valence-electron chi connectivity index (χ1n) is 17.7. The maximum Gasteiger partial charge on any atom is 0.246 e. The van der Waals surface area contributed by atoms with Crippen molar-refractivity contribution in [2.75, 3.05) is 41.3 Å². The van der Waals surface area contributed by atoms with Crippen molar-refractivity contribution in [3.05, 3.63) is 108 Å². The highest BCUT2D eigenvalue weighted by Crippen LogP contribution is 2.22. The summed E-state index contributed by atoms with van der Waals surface area (Å²) >= 11 is 0. The van der Waals surface area contributed by atoms with Gasteiger partial charge in [0.2, 0.25) is 17.7 Å². The minimum atomic E-state index is -1.04. The lowest BCUT2D eigenvalue weighted by molar-refractivity contribution is -0.146. The third-order valence-electron chi connectivity index (χ3n) is 10.1. The highest BCUT2D eigenvalue weighted by atomic mass is 19.2. The smallest absolute Gasteiger partial charge is 0.246 e. The van der Waals surface area contributed by atoms with Crippen LogP contribution >= 0.6 is 0 Å². The van der Waals surface area contributed by atoms with Crippen molar-refractivity contribution in [3.8, 4) is 11.1 Å². The van der Waals surface area contributed by atoms with Gasteiger partial charge in [-0.1, -0.05) is 66.7 Å². The maximum absolute atomic E-state index is 14.5. The van der Waals surface area contributed by atoms with Crippen LogP contribution in [0.1, 0.15) is 50.7 Å². The second kappa shape index (κ2) is 18.2. The summed E-state index contributed by atoms with van der Waals surface area (Å²) in [6, 6.07) is 19.7. The molecule has 2 N–H and O–H groups in total. The standard InChI is InChI=1S/C41H53F2N5O3/c1-41(2,44-3)23-10-15-38(49)47(5)37(27-29-16-19-32(20-17-29)31-12-8-7-9-13-31)40(51)48(6)36(28-30-18-21-34(42)35(43)26-30)39(50)45-24-22-33-14-11-25-46(33)4/h7-10,12-13,15-21,26,33,36-37,44H,11,14,22-25,27-28H2,1-6H3,(H,45,50)/b15-10+/t33?,36-,37-/m1/s1. The average Bonchev–Trinajstić information content (AvgIpc) is 3.54. The van der Waals surface area contributed by atoms with Gasteiger partial charge in [0.1, 0.15) is 12.1 Å². The monoisotopic (exact) mass is 701 g/mol. The van der Waals surface area contributed by atoms with Crippen LogP contribution < -0.4 is 10.6 Å². The average molecular weight is 702 g/mol. The van der Waals surface area contributed by atoms with E-state index in [2.05, 4.69) is 22.6 Å². The minimum absolute atomic E-state index is 0.0379. The molecule has 1 fully saturated rings. The van der Waals surface area contributed by atoms with Gasteiger partial charge in [0.15, 0.2) is 11.6 Å². The molecule has 10 heteroatoms. The predicted octanol–water partition coefficient (Wildman–Crippen LogP) is 5.62. The molecule has 0 saturated carbocycles. The van der Waals surface area contributed by atoms with E-state index in [4.69, 9.17) is 0 Å². The Morgan fingerprint density at radius 1 is 0.902 bits per heavy atom. The van der Waals surface area contributed by atoms with Crippen molar-refractivity contribution < 1.29 is 23.2 Å². The zero-order valence-electron chi connectivity index (χ0n) is 30.8. The van der Waals surface area contributed by atoms with Crippen molar-refractivity contribution in [1.82, 2.24) is 25.3 Å². The van der Waals surface area contributed by atoms with E-state index in [0.29, 0.717) is 24.6 Å². The molecule has 0 spiro atoms. The SMILES string of the molecule is CNC(C)(C)C/C=C/C(=O)N(C)[C@H](Cc1ccc(-c2ccccc2)cc1)C(=O)N(C)[C@H](Cc1ccc(F)c(F)c1)C(=O)NCCC1CCCN1C. The van der Waals surface area contributed by atoms with Crippen LogP contribution in [0.4, 0.5) is 8.78 Å². The van der Waals surface area contributed by atoms with Crippen LogP contribution in [0.5, 0.6) is 0 Å². The Hall–Kier alpha value is -4.41. The number of nitrogens with zero attached hydrogens (tertiary/aromatic N) is 3. The van der Waals surface area contributed by atoms with E-state index in [-0.39, 0.29) is 24.3 Å². The topological polar surface area (TPSA) is 85.0 Å². The summed E-state index contributed by atoms with van der Waals surface area (Å²) < 4.78 is 28.1. The summed E-state index contributed by atoms with van der Waals surface area (Å²) in [5, 5.41) is 6.21. The number of nitrogens with one attached hydrogen (secondary N) is 2. The van der Waals surface area contributed by atoms with Gasteiger partial charge >= 0.3 is 0 Å². The third kappa shape index (κ3) is 11.0. The fraction of sp³-hybridized carbons (Fsp3) is 0.439. The van der Waals surface area contributed by atoms with Crippen LogP contribution in [0.25, 0.3) is 11.1 Å². The van der Waals surface area contributed by atoms with E-state index < -0.39 is 35.5 Å². The normalized spacial score (nSPS) is 16.2. The van der Waals surface area contributed by atoms with E-state index >= 15 is 0 Å². The fourth-order valence-corrected chi connectivity index (χ4v) is 6.41. The number of hydrogen-bond donors (Lipinski definition) is 2. The molecule has 274 valence electrons. The molecule has 3 aromatic rings. The molecule has 3 amide bonds. The van der Waals surface area contributed by atoms with Gasteiger partial charge < -0.3 is 25.3 Å². The molecule has 8 nitrogen and oxygen atoms in total. The number of benzene rings is 3. The first-order chi connectivity index (χ1) is 24.3. The lowest BCUT2D eigenvalue weighted by atomic mass is 9.98. The van der Waals surface area contributed by atoms with Crippen molar-refractivity contribution >= 4 is 17.7 Å². The highest BCUT2D eigenvalue weighted by Gasteiger charge is 2.35. The number of rotatable bonds is 16. The molecule has 0 aromatic heterocycles. The Bertz CT molecular complexity index is 1650. The number of halogens is 2. The second-order valence-electron chi connectivity index (χ2n) is 14.2. The first kappa shape index (κ1) is 39.4. The summed E-state index contributed by atoms with van der Waals surface area (Å²) in [5.41, 5.74) is 3.06. The van der Waals surface area contributed by atoms with E-state index in [1.807, 2.05) is 75.5 Å². The van der Waals surface area contributed by atoms with Gasteiger partial charge in [-0.15, -0.1) is 0 Å². The number of likely N-dealkylation sites (tertiary alicyclic amines) is 1. The van der Waals surface area contributed by atoms with Crippen LogP contribution in [0.2, 0.25) is 0 Å². The number of amides is 3. The van der Waals surface area contributed by atoms with Crippen molar-refractivity contribution in [2.24, 2.45) is 0 Å². The number of carbonyl (C=O) groups excluding carboxylic acids is 3. The van der Waals surface area contributed by atoms with Crippen LogP contribution in [-0.2, 0) is 27.2 Å². The molecule has 51 heavy (non-hydrogen) atoms. The molecule has 1 heterocycles. The van der Waals surface area contributed by atoms with Gasteiger partial charge in [-0.05, 0) is 101 Å². The molecule has 0 aliphatic carbocycles. The van der Waals surface area contributed by atoms with Crippen LogP contribution in [0.3, 0.4) is 0 Å². The molecule has 3 aromatic carbocycles. The van der Waals surface area contributed by atoms with Crippen LogP contribution in [0, 0.1) is 11.6 Å². The zero-order chi connectivity index (χ0) is 37.1.